The van der Waals surface area contributed by atoms with E-state index in [4.69, 9.17) is 55.6 Å². The van der Waals surface area contributed by atoms with Crippen molar-refractivity contribution in [3.8, 4) is 28.2 Å². The van der Waals surface area contributed by atoms with Crippen LogP contribution in [-0.4, -0.2) is 23.1 Å². The van der Waals surface area contributed by atoms with E-state index in [2.05, 4.69) is 0 Å². The summed E-state index contributed by atoms with van der Waals surface area (Å²) < 4.78 is 12.8. The van der Waals surface area contributed by atoms with E-state index in [0.717, 1.165) is 19.3 Å². The van der Waals surface area contributed by atoms with E-state index in [1.54, 1.807) is 12.1 Å². The monoisotopic (exact) mass is 1140 g/mol. The van der Waals surface area contributed by atoms with Crippen LogP contribution in [0.2, 0.25) is 20.1 Å². The van der Waals surface area contributed by atoms with Gasteiger partial charge in [0.15, 0.2) is 11.9 Å². The van der Waals surface area contributed by atoms with Crippen molar-refractivity contribution in [1.29, 1.82) is 0 Å². The van der Waals surface area contributed by atoms with Gasteiger partial charge in [-0.1, -0.05) is 78.3 Å². The number of hydrogen-bond acceptors (Lipinski definition) is 6. The number of esters is 1. The molecule has 2 aromatic rings. The molecule has 1 unspecified atom stereocenters. The summed E-state index contributed by atoms with van der Waals surface area (Å²) in [6, 6.07) is 3.14. The van der Waals surface area contributed by atoms with Crippen LogP contribution in [0, 0.1) is 14.3 Å². The van der Waals surface area contributed by atoms with Gasteiger partial charge in [0.1, 0.15) is 9.15 Å². The van der Waals surface area contributed by atoms with Crippen molar-refractivity contribution >= 4 is 160 Å². The number of benzene rings is 3. The van der Waals surface area contributed by atoms with Crippen molar-refractivity contribution in [3.05, 3.63) is 62.3 Å². The molecule has 0 bridgehead atoms. The van der Waals surface area contributed by atoms with E-state index >= 15 is 0 Å². The fourth-order valence-electron chi connectivity index (χ4n) is 4.49. The molecule has 0 radical (unpaired) electrons. The Balaban J connectivity index is 0.00000529. The van der Waals surface area contributed by atoms with Crippen LogP contribution in [0.4, 0.5) is 0 Å². The molecule has 2 aromatic carbocycles. The van der Waals surface area contributed by atoms with Crippen molar-refractivity contribution in [3.63, 3.8) is 0 Å². The topological polar surface area (TPSA) is 117 Å². The van der Waals surface area contributed by atoms with Crippen molar-refractivity contribution in [2.45, 2.75) is 45.1 Å². The van der Waals surface area contributed by atoms with Gasteiger partial charge < -0.3 is 19.4 Å². The van der Waals surface area contributed by atoms with Gasteiger partial charge in [0.25, 0.3) is 0 Å². The third kappa shape index (κ3) is 7.72. The van der Waals surface area contributed by atoms with Gasteiger partial charge in [0.2, 0.25) is 5.43 Å². The number of rotatable bonds is 9. The fourth-order valence-corrected chi connectivity index (χ4v) is 9.09. The summed E-state index contributed by atoms with van der Waals surface area (Å²) in [6.45, 7) is 2.02. The Hall–Kier alpha value is 0.950. The molecule has 44 heavy (non-hydrogen) atoms. The van der Waals surface area contributed by atoms with Crippen LogP contribution in [0.25, 0.3) is 33.4 Å². The molecule has 0 saturated carbocycles. The summed E-state index contributed by atoms with van der Waals surface area (Å²) >= 11 is 33.9. The van der Waals surface area contributed by atoms with E-state index < -0.39 is 18.0 Å². The molecule has 1 heterocycles. The largest absolute Gasteiger partial charge is 1.00 e. The summed E-state index contributed by atoms with van der Waals surface area (Å²) in [5.41, 5.74) is 0.158. The van der Waals surface area contributed by atoms with Crippen LogP contribution >= 0.6 is 137 Å². The minimum atomic E-state index is -1.46. The molecule has 0 aromatic heterocycles. The molecule has 7 nitrogen and oxygen atoms in total. The second-order valence-electron chi connectivity index (χ2n) is 9.32. The second-order valence-corrected chi connectivity index (χ2v) is 15.3. The first-order valence-electron chi connectivity index (χ1n) is 12.5. The number of aliphatic carboxylic acids is 1. The van der Waals surface area contributed by atoms with Crippen molar-refractivity contribution in [2.24, 2.45) is 0 Å². The molecule has 0 saturated heterocycles. The van der Waals surface area contributed by atoms with E-state index in [1.807, 2.05) is 97.3 Å². The molecule has 1 N–H and O–H groups in total. The van der Waals surface area contributed by atoms with Crippen LogP contribution in [0.5, 0.6) is 5.75 Å². The van der Waals surface area contributed by atoms with Gasteiger partial charge in [-0.3, -0.25) is 4.79 Å². The summed E-state index contributed by atoms with van der Waals surface area (Å²) in [5, 5.41) is 22.3. The van der Waals surface area contributed by atoms with Crippen LogP contribution in [0.3, 0.4) is 0 Å². The van der Waals surface area contributed by atoms with E-state index in [0.29, 0.717) is 24.5 Å². The zero-order valence-corrected chi connectivity index (χ0v) is 36.3. The quantitative estimate of drug-likeness (QED) is 0.0357. The number of hydrogen-bond donors (Lipinski definition) is 1. The van der Waals surface area contributed by atoms with Crippen molar-refractivity contribution < 1.29 is 58.5 Å². The SMILES string of the molecule is CCCCCCC(OC(=O)c1c(Cl)c(Cl)c(Cl)c(Cl)c1-c1c2cc(I)c(=O)c(I)c-2oc2c(I)c([O-])c(I)cc12)C(=O)O.[Na+]. The molecule has 0 fully saturated rings. The Kier molecular flexibility index (Phi) is 14.8. The molecule has 1 atom stereocenters. The number of carbonyl (C=O) groups is 2. The predicted octanol–water partition coefficient (Wildman–Crippen LogP) is 7.25. The summed E-state index contributed by atoms with van der Waals surface area (Å²) in [5.74, 6) is -2.55. The van der Waals surface area contributed by atoms with Gasteiger partial charge in [0.05, 0.1) is 29.2 Å². The standard InChI is InChI=1S/C28H18Cl4I4O7.Na/c1-2-3-4-5-6-13(27(39)40)42-28(41)16-15(17(29)19(31)20(32)18(16)30)14-9-7-11(33)23(37)21(35)25(9)43-26-10(14)8-12(34)24(38)22(26)36;/h7-8,13,37H,2-6H2,1H3,(H,39,40);/q;+1/p-1. The molecule has 228 valence electrons. The number of fused-ring (bicyclic) bond motifs is 2. The number of ether oxygens (including phenoxy) is 1. The van der Waals surface area contributed by atoms with Gasteiger partial charge >= 0.3 is 41.5 Å². The average Bonchev–Trinajstić information content (AvgIpc) is 2.96. The number of unbranched alkanes of at least 4 members (excludes halogenated alkanes) is 3. The molecule has 2 aliphatic rings. The Morgan fingerprint density at radius 1 is 0.932 bits per heavy atom. The van der Waals surface area contributed by atoms with Gasteiger partial charge in [-0.2, -0.15) is 0 Å². The molecular formula is C28H17Cl4I4NaO7. The summed E-state index contributed by atoms with van der Waals surface area (Å²) in [6.07, 6.45) is 1.77. The average molecular weight is 1140 g/mol. The zero-order chi connectivity index (χ0) is 31.9. The molecule has 4 rings (SSSR count). The maximum Gasteiger partial charge on any atom is 1.00 e. The first-order valence-corrected chi connectivity index (χ1v) is 18.3. The Morgan fingerprint density at radius 2 is 1.57 bits per heavy atom. The van der Waals surface area contributed by atoms with Crippen LogP contribution < -0.4 is 40.1 Å². The molecule has 0 spiro atoms. The van der Waals surface area contributed by atoms with E-state index in [9.17, 15) is 24.6 Å². The number of carbonyl (C=O) groups excluding carboxylic acids is 1. The number of halogens is 8. The second kappa shape index (κ2) is 16.6. The predicted molar refractivity (Wildman–Crippen MR) is 200 cm³/mol. The van der Waals surface area contributed by atoms with Crippen LogP contribution in [0.15, 0.2) is 21.3 Å². The zero-order valence-electron chi connectivity index (χ0n) is 22.7. The minimum Gasteiger partial charge on any atom is -0.871 e. The summed E-state index contributed by atoms with van der Waals surface area (Å²) in [7, 11) is 0. The Labute approximate surface area is 348 Å². The van der Waals surface area contributed by atoms with Crippen molar-refractivity contribution in [2.75, 3.05) is 0 Å². The van der Waals surface area contributed by atoms with Gasteiger partial charge in [0, 0.05) is 29.2 Å². The van der Waals surface area contributed by atoms with Gasteiger partial charge in [-0.05, 0) is 115 Å². The summed E-state index contributed by atoms with van der Waals surface area (Å²) in [4.78, 5) is 38.9. The Bertz CT molecular complexity index is 1830. The van der Waals surface area contributed by atoms with Crippen LogP contribution in [0.1, 0.15) is 49.4 Å². The third-order valence-electron chi connectivity index (χ3n) is 6.57. The normalized spacial score (nSPS) is 11.9. The molecule has 1 aliphatic heterocycles. The molecule has 0 amide bonds. The first-order chi connectivity index (χ1) is 20.2. The Morgan fingerprint density at radius 3 is 2.18 bits per heavy atom. The molecule has 16 heteroatoms. The number of carboxylic acids is 1. The first kappa shape index (κ1) is 39.4. The fraction of sp³-hybridized carbons (Fsp3) is 0.250. The molecular weight excluding hydrogens is 1120 g/mol. The van der Waals surface area contributed by atoms with Gasteiger partial charge in [-0.15, -0.1) is 0 Å². The van der Waals surface area contributed by atoms with Crippen LogP contribution in [-0.2, 0) is 9.53 Å². The smallest absolute Gasteiger partial charge is 0.871 e. The maximum atomic E-state index is 13.9. The molecule has 1 aliphatic carbocycles. The number of carboxylic acid groups (broad SMARTS) is 1. The third-order valence-corrected chi connectivity index (χ3v) is 11.9. The minimum absolute atomic E-state index is 0. The maximum absolute atomic E-state index is 13.9. The van der Waals surface area contributed by atoms with Gasteiger partial charge in [-0.25, -0.2) is 9.59 Å². The van der Waals surface area contributed by atoms with Crippen molar-refractivity contribution in [1.82, 2.24) is 0 Å². The van der Waals surface area contributed by atoms with E-state index in [1.165, 1.54) is 0 Å². The van der Waals surface area contributed by atoms with E-state index in [-0.39, 0.29) is 102 Å².